The van der Waals surface area contributed by atoms with Gasteiger partial charge in [-0.3, -0.25) is 9.48 Å². The summed E-state index contributed by atoms with van der Waals surface area (Å²) in [5.41, 5.74) is 2.38. The molecule has 102 valence electrons. The van der Waals surface area contributed by atoms with Gasteiger partial charge in [-0.2, -0.15) is 10.4 Å². The molecule has 6 heteroatoms. The van der Waals surface area contributed by atoms with E-state index in [4.69, 9.17) is 10.00 Å². The van der Waals surface area contributed by atoms with Crippen LogP contribution in [0.4, 0.5) is 0 Å². The van der Waals surface area contributed by atoms with Crippen LogP contribution in [0, 0.1) is 11.3 Å². The Bertz CT molecular complexity index is 529. The van der Waals surface area contributed by atoms with Crippen molar-refractivity contribution in [3.63, 3.8) is 0 Å². The Hall–Kier alpha value is -1.87. The molecule has 0 aliphatic carbocycles. The maximum Gasteiger partial charge on any atom is 0.269 e. The monoisotopic (exact) mass is 262 g/mol. The first-order chi connectivity index (χ1) is 9.04. The molecule has 19 heavy (non-hydrogen) atoms. The predicted octanol–water partition coefficient (Wildman–Crippen LogP) is 1.09. The summed E-state index contributed by atoms with van der Waals surface area (Å²) in [5, 5.41) is 15.6. The quantitative estimate of drug-likeness (QED) is 0.827. The lowest BCUT2D eigenvalue weighted by Crippen LogP contribution is -2.29. The number of ether oxygens (including phenoxy) is 1. The van der Waals surface area contributed by atoms with Crippen LogP contribution in [-0.4, -0.2) is 28.3 Å². The van der Waals surface area contributed by atoms with E-state index in [1.54, 1.807) is 11.7 Å². The second-order valence-electron chi connectivity index (χ2n) is 4.79. The van der Waals surface area contributed by atoms with E-state index >= 15 is 0 Å². The lowest BCUT2D eigenvalue weighted by atomic mass is 9.99. The van der Waals surface area contributed by atoms with Crippen LogP contribution < -0.4 is 5.32 Å². The maximum atomic E-state index is 12.2. The molecule has 6 nitrogen and oxygen atoms in total. The van der Waals surface area contributed by atoms with Gasteiger partial charge in [0.2, 0.25) is 0 Å². The highest BCUT2D eigenvalue weighted by Gasteiger charge is 2.31. The number of nitrogens with zero attached hydrogens (tertiary/aromatic N) is 3. The number of hydrogen-bond acceptors (Lipinski definition) is 4. The lowest BCUT2D eigenvalue weighted by Gasteiger charge is -2.24. The van der Waals surface area contributed by atoms with Crippen LogP contribution in [0.2, 0.25) is 0 Å². The van der Waals surface area contributed by atoms with Crippen molar-refractivity contribution < 1.29 is 9.53 Å². The predicted molar refractivity (Wildman–Crippen MR) is 68.4 cm³/mol. The summed E-state index contributed by atoms with van der Waals surface area (Å²) in [6, 6.07) is 2.00. The van der Waals surface area contributed by atoms with Crippen LogP contribution >= 0.6 is 0 Å². The summed E-state index contributed by atoms with van der Waals surface area (Å²) < 4.78 is 7.31. The molecule has 1 amide bonds. The SMILES string of the molecule is C[C@@H]1Cc2c(nn(C)c2C(=O)NCCC#N)[C@H](C)O1. The van der Waals surface area contributed by atoms with E-state index < -0.39 is 0 Å². The Morgan fingerprint density at radius 2 is 2.37 bits per heavy atom. The van der Waals surface area contributed by atoms with Gasteiger partial charge in [0.15, 0.2) is 0 Å². The molecule has 1 aliphatic rings. The summed E-state index contributed by atoms with van der Waals surface area (Å²) in [7, 11) is 1.76. The van der Waals surface area contributed by atoms with E-state index in [0.717, 1.165) is 11.3 Å². The summed E-state index contributed by atoms with van der Waals surface area (Å²) in [6.07, 6.45) is 0.985. The Labute approximate surface area is 112 Å². The van der Waals surface area contributed by atoms with Gasteiger partial charge in [-0.25, -0.2) is 0 Å². The van der Waals surface area contributed by atoms with Gasteiger partial charge in [-0.15, -0.1) is 0 Å². The molecule has 0 radical (unpaired) electrons. The summed E-state index contributed by atoms with van der Waals surface area (Å²) in [6.45, 7) is 4.29. The van der Waals surface area contributed by atoms with Crippen LogP contribution in [0.1, 0.15) is 48.1 Å². The van der Waals surface area contributed by atoms with Crippen molar-refractivity contribution in [3.05, 3.63) is 17.0 Å². The molecular formula is C13H18N4O2. The molecule has 2 heterocycles. The van der Waals surface area contributed by atoms with E-state index in [-0.39, 0.29) is 18.1 Å². The Balaban J connectivity index is 2.26. The number of carbonyl (C=O) groups excluding carboxylic acids is 1. The highest BCUT2D eigenvalue weighted by atomic mass is 16.5. The molecule has 1 N–H and O–H groups in total. The van der Waals surface area contributed by atoms with Crippen molar-refractivity contribution in [3.8, 4) is 6.07 Å². The minimum Gasteiger partial charge on any atom is -0.369 e. The fourth-order valence-electron chi connectivity index (χ4n) is 2.46. The number of aromatic nitrogens is 2. The molecule has 0 spiro atoms. The highest BCUT2D eigenvalue weighted by molar-refractivity contribution is 5.94. The van der Waals surface area contributed by atoms with Crippen molar-refractivity contribution in [2.24, 2.45) is 7.05 Å². The van der Waals surface area contributed by atoms with Crippen molar-refractivity contribution >= 4 is 5.91 Å². The fraction of sp³-hybridized carbons (Fsp3) is 0.615. The third kappa shape index (κ3) is 2.61. The van der Waals surface area contributed by atoms with Crippen molar-refractivity contribution in [2.75, 3.05) is 6.54 Å². The van der Waals surface area contributed by atoms with E-state index in [9.17, 15) is 4.79 Å². The number of amides is 1. The molecule has 1 aromatic rings. The molecule has 0 unspecified atom stereocenters. The van der Waals surface area contributed by atoms with Crippen LogP contribution in [0.5, 0.6) is 0 Å². The van der Waals surface area contributed by atoms with Gasteiger partial charge in [-0.1, -0.05) is 0 Å². The number of nitriles is 1. The van der Waals surface area contributed by atoms with E-state index in [2.05, 4.69) is 10.4 Å². The number of fused-ring (bicyclic) bond motifs is 1. The second kappa shape index (κ2) is 5.41. The van der Waals surface area contributed by atoms with Crippen LogP contribution in [-0.2, 0) is 18.2 Å². The molecular weight excluding hydrogens is 244 g/mol. The minimum atomic E-state index is -0.173. The van der Waals surface area contributed by atoms with Crippen molar-refractivity contribution in [2.45, 2.75) is 38.9 Å². The minimum absolute atomic E-state index is 0.0809. The molecule has 0 fully saturated rings. The zero-order valence-corrected chi connectivity index (χ0v) is 11.4. The number of nitrogens with one attached hydrogen (secondary N) is 1. The zero-order valence-electron chi connectivity index (χ0n) is 11.4. The first-order valence-corrected chi connectivity index (χ1v) is 6.41. The highest BCUT2D eigenvalue weighted by Crippen LogP contribution is 2.30. The molecule has 1 aromatic heterocycles. The van der Waals surface area contributed by atoms with Gasteiger partial charge in [0.1, 0.15) is 5.69 Å². The van der Waals surface area contributed by atoms with Gasteiger partial charge < -0.3 is 10.1 Å². The summed E-state index contributed by atoms with van der Waals surface area (Å²) in [4.78, 5) is 12.2. The Kier molecular flexibility index (Phi) is 3.86. The first-order valence-electron chi connectivity index (χ1n) is 6.41. The van der Waals surface area contributed by atoms with Gasteiger partial charge in [0.05, 0.1) is 30.4 Å². The number of aryl methyl sites for hydroxylation is 1. The Morgan fingerprint density at radius 3 is 3.05 bits per heavy atom. The van der Waals surface area contributed by atoms with Gasteiger partial charge in [0, 0.05) is 25.6 Å². The molecule has 1 aliphatic heterocycles. The van der Waals surface area contributed by atoms with Gasteiger partial charge >= 0.3 is 0 Å². The van der Waals surface area contributed by atoms with Crippen LogP contribution in [0.15, 0.2) is 0 Å². The molecule has 0 aromatic carbocycles. The van der Waals surface area contributed by atoms with Gasteiger partial charge in [-0.05, 0) is 13.8 Å². The lowest BCUT2D eigenvalue weighted by molar-refractivity contribution is -0.00709. The van der Waals surface area contributed by atoms with Crippen LogP contribution in [0.3, 0.4) is 0 Å². The second-order valence-corrected chi connectivity index (χ2v) is 4.79. The largest absolute Gasteiger partial charge is 0.369 e. The van der Waals surface area contributed by atoms with E-state index in [1.165, 1.54) is 0 Å². The standard InChI is InChI=1S/C13H18N4O2/c1-8-7-10-11(9(2)19-8)16-17(3)12(10)13(18)15-6-4-5-14/h8-9H,4,6-7H2,1-3H3,(H,15,18)/t8-,9+/m1/s1. The topological polar surface area (TPSA) is 79.9 Å². The summed E-state index contributed by atoms with van der Waals surface area (Å²) in [5.74, 6) is -0.173. The smallest absolute Gasteiger partial charge is 0.269 e. The molecule has 0 bridgehead atoms. The normalized spacial score (nSPS) is 21.6. The fourth-order valence-corrected chi connectivity index (χ4v) is 2.46. The maximum absolute atomic E-state index is 12.2. The number of carbonyl (C=O) groups is 1. The average molecular weight is 262 g/mol. The third-order valence-electron chi connectivity index (χ3n) is 3.23. The number of hydrogen-bond donors (Lipinski definition) is 1. The van der Waals surface area contributed by atoms with Gasteiger partial charge in [0.25, 0.3) is 5.91 Å². The third-order valence-corrected chi connectivity index (χ3v) is 3.23. The molecule has 0 saturated carbocycles. The van der Waals surface area contributed by atoms with Crippen molar-refractivity contribution in [1.29, 1.82) is 5.26 Å². The average Bonchev–Trinajstić information content (AvgIpc) is 2.66. The molecule has 0 saturated heterocycles. The molecule has 2 rings (SSSR count). The van der Waals surface area contributed by atoms with Crippen molar-refractivity contribution in [1.82, 2.24) is 15.1 Å². The van der Waals surface area contributed by atoms with E-state index in [0.29, 0.717) is 25.1 Å². The first kappa shape index (κ1) is 13.6. The Morgan fingerprint density at radius 1 is 1.63 bits per heavy atom. The van der Waals surface area contributed by atoms with E-state index in [1.807, 2.05) is 19.9 Å². The molecule has 2 atom stereocenters. The summed E-state index contributed by atoms with van der Waals surface area (Å²) >= 11 is 0. The van der Waals surface area contributed by atoms with Crippen LogP contribution in [0.25, 0.3) is 0 Å². The number of rotatable bonds is 3. The zero-order chi connectivity index (χ0) is 14.0.